The predicted octanol–water partition coefficient (Wildman–Crippen LogP) is 3.03. The number of methoxy groups -OCH3 is 2. The maximum absolute atomic E-state index is 14.4. The van der Waals surface area contributed by atoms with Crippen LogP contribution in [-0.4, -0.2) is 39.5 Å². The van der Waals surface area contributed by atoms with E-state index in [9.17, 15) is 31.5 Å². The molecule has 148 valence electrons. The molecule has 0 saturated carbocycles. The number of esters is 2. The van der Waals surface area contributed by atoms with Gasteiger partial charge in [-0.25, -0.2) is 18.4 Å². The lowest BCUT2D eigenvalue weighted by Gasteiger charge is -2.32. The SMILES string of the molecule is COC(=O)C1=C(C(=O)OC)N(c2c(Cl)cc(C(F)(F)F)c(F)c2F)COC1. The van der Waals surface area contributed by atoms with Crippen molar-refractivity contribution in [1.82, 2.24) is 0 Å². The Hall–Kier alpha value is -2.40. The van der Waals surface area contributed by atoms with Crippen LogP contribution in [0.15, 0.2) is 17.3 Å². The summed E-state index contributed by atoms with van der Waals surface area (Å²) in [5, 5.41) is -0.864. The molecular formula is C15H11ClF5NO5. The molecule has 2 rings (SSSR count). The standard InChI is InChI=1S/C15H11ClF5NO5/c1-25-13(23)6-4-27-5-22(11(6)14(24)26-2)12-8(16)3-7(15(19,20)21)9(17)10(12)18/h3H,4-5H2,1-2H3. The highest BCUT2D eigenvalue weighted by Gasteiger charge is 2.40. The van der Waals surface area contributed by atoms with Gasteiger partial charge in [0.2, 0.25) is 0 Å². The van der Waals surface area contributed by atoms with Gasteiger partial charge in [0, 0.05) is 0 Å². The molecule has 1 aromatic carbocycles. The van der Waals surface area contributed by atoms with E-state index < -0.39 is 70.6 Å². The van der Waals surface area contributed by atoms with E-state index >= 15 is 0 Å². The molecule has 1 aliphatic heterocycles. The Kier molecular flexibility index (Phi) is 5.95. The van der Waals surface area contributed by atoms with Crippen LogP contribution in [0.4, 0.5) is 27.6 Å². The van der Waals surface area contributed by atoms with E-state index in [2.05, 4.69) is 9.47 Å². The topological polar surface area (TPSA) is 65.1 Å². The van der Waals surface area contributed by atoms with Crippen molar-refractivity contribution < 1.29 is 45.8 Å². The van der Waals surface area contributed by atoms with Crippen molar-refractivity contribution in [2.75, 3.05) is 32.5 Å². The number of rotatable bonds is 3. The molecule has 0 amide bonds. The Balaban J connectivity index is 2.74. The second-order valence-electron chi connectivity index (χ2n) is 5.10. The molecule has 0 aromatic heterocycles. The molecule has 6 nitrogen and oxygen atoms in total. The lowest BCUT2D eigenvalue weighted by Crippen LogP contribution is -2.39. The van der Waals surface area contributed by atoms with Crippen molar-refractivity contribution in [2.24, 2.45) is 0 Å². The number of hydrogen-bond acceptors (Lipinski definition) is 6. The summed E-state index contributed by atoms with van der Waals surface area (Å²) in [5.74, 6) is -6.40. The average Bonchev–Trinajstić information content (AvgIpc) is 2.62. The van der Waals surface area contributed by atoms with Crippen molar-refractivity contribution in [1.29, 1.82) is 0 Å². The van der Waals surface area contributed by atoms with E-state index in [1.165, 1.54) is 0 Å². The Morgan fingerprint density at radius 1 is 1.15 bits per heavy atom. The van der Waals surface area contributed by atoms with Gasteiger partial charge in [-0.2, -0.15) is 13.2 Å². The maximum atomic E-state index is 14.4. The Labute approximate surface area is 154 Å². The lowest BCUT2D eigenvalue weighted by molar-refractivity contribution is -0.140. The summed E-state index contributed by atoms with van der Waals surface area (Å²) in [5.41, 5.74) is -3.87. The molecule has 12 heteroatoms. The summed E-state index contributed by atoms with van der Waals surface area (Å²) >= 11 is 5.73. The second kappa shape index (κ2) is 7.69. The second-order valence-corrected chi connectivity index (χ2v) is 5.50. The molecule has 0 fully saturated rings. The van der Waals surface area contributed by atoms with Crippen LogP contribution >= 0.6 is 11.6 Å². The number of halogens is 6. The zero-order chi connectivity index (χ0) is 20.5. The lowest BCUT2D eigenvalue weighted by atomic mass is 10.1. The largest absolute Gasteiger partial charge is 0.466 e. The van der Waals surface area contributed by atoms with E-state index in [1.54, 1.807) is 0 Å². The zero-order valence-electron chi connectivity index (χ0n) is 13.7. The normalized spacial score (nSPS) is 15.0. The molecule has 1 heterocycles. The maximum Gasteiger partial charge on any atom is 0.419 e. The van der Waals surface area contributed by atoms with Gasteiger partial charge in [0.1, 0.15) is 18.1 Å². The molecule has 0 saturated heterocycles. The van der Waals surface area contributed by atoms with Crippen molar-refractivity contribution in [3.63, 3.8) is 0 Å². The van der Waals surface area contributed by atoms with Crippen LogP contribution in [0.1, 0.15) is 5.56 Å². The summed E-state index contributed by atoms with van der Waals surface area (Å²) in [6.07, 6.45) is -5.20. The first kappa shape index (κ1) is 20.9. The van der Waals surface area contributed by atoms with Gasteiger partial charge >= 0.3 is 18.1 Å². The number of carbonyl (C=O) groups is 2. The van der Waals surface area contributed by atoms with Crippen LogP contribution in [0.5, 0.6) is 0 Å². The van der Waals surface area contributed by atoms with Crippen LogP contribution in [-0.2, 0) is 30.0 Å². The molecule has 0 spiro atoms. The smallest absolute Gasteiger partial charge is 0.419 e. The fourth-order valence-electron chi connectivity index (χ4n) is 2.36. The molecule has 0 radical (unpaired) electrons. The van der Waals surface area contributed by atoms with E-state index in [0.29, 0.717) is 4.90 Å². The van der Waals surface area contributed by atoms with Gasteiger partial charge in [0.25, 0.3) is 0 Å². The minimum Gasteiger partial charge on any atom is -0.466 e. The summed E-state index contributed by atoms with van der Waals surface area (Å²) in [6.45, 7) is -1.05. The minimum atomic E-state index is -5.20. The summed E-state index contributed by atoms with van der Waals surface area (Å²) in [6, 6.07) is 0.163. The molecule has 0 N–H and O–H groups in total. The van der Waals surface area contributed by atoms with Gasteiger partial charge in [0.05, 0.1) is 37.0 Å². The third-order valence-electron chi connectivity index (χ3n) is 3.54. The molecule has 1 aliphatic rings. The van der Waals surface area contributed by atoms with Crippen molar-refractivity contribution in [3.8, 4) is 0 Å². The molecule has 0 unspecified atom stereocenters. The first-order chi connectivity index (χ1) is 12.5. The quantitative estimate of drug-likeness (QED) is 0.429. The van der Waals surface area contributed by atoms with Gasteiger partial charge < -0.3 is 19.1 Å². The minimum absolute atomic E-state index is 0.163. The van der Waals surface area contributed by atoms with Crippen LogP contribution in [0.2, 0.25) is 5.02 Å². The van der Waals surface area contributed by atoms with Crippen molar-refractivity contribution in [3.05, 3.63) is 39.6 Å². The number of hydrogen-bond donors (Lipinski definition) is 0. The number of carbonyl (C=O) groups excluding carboxylic acids is 2. The zero-order valence-corrected chi connectivity index (χ0v) is 14.5. The van der Waals surface area contributed by atoms with Crippen LogP contribution in [0, 0.1) is 11.6 Å². The summed E-state index contributed by atoms with van der Waals surface area (Å²) in [4.78, 5) is 24.5. The number of alkyl halides is 3. The monoisotopic (exact) mass is 415 g/mol. The molecule has 1 aromatic rings. The van der Waals surface area contributed by atoms with Crippen molar-refractivity contribution >= 4 is 29.2 Å². The number of anilines is 1. The number of nitrogens with zero attached hydrogens (tertiary/aromatic N) is 1. The van der Waals surface area contributed by atoms with E-state index in [4.69, 9.17) is 16.3 Å². The number of ether oxygens (including phenoxy) is 3. The van der Waals surface area contributed by atoms with E-state index in [-0.39, 0.29) is 6.07 Å². The average molecular weight is 416 g/mol. The predicted molar refractivity (Wildman–Crippen MR) is 80.7 cm³/mol. The Morgan fingerprint density at radius 3 is 2.26 bits per heavy atom. The molecule has 0 atom stereocenters. The third kappa shape index (κ3) is 3.83. The van der Waals surface area contributed by atoms with E-state index in [0.717, 1.165) is 14.2 Å². The van der Waals surface area contributed by atoms with Gasteiger partial charge in [0.15, 0.2) is 11.6 Å². The van der Waals surface area contributed by atoms with Crippen LogP contribution in [0.25, 0.3) is 0 Å². The molecule has 0 aliphatic carbocycles. The molecule has 0 bridgehead atoms. The van der Waals surface area contributed by atoms with Crippen molar-refractivity contribution in [2.45, 2.75) is 6.18 Å². The fourth-order valence-corrected chi connectivity index (χ4v) is 2.65. The third-order valence-corrected chi connectivity index (χ3v) is 3.83. The highest BCUT2D eigenvalue weighted by molar-refractivity contribution is 6.33. The Bertz CT molecular complexity index is 824. The highest BCUT2D eigenvalue weighted by atomic mass is 35.5. The van der Waals surface area contributed by atoms with Gasteiger partial charge in [-0.1, -0.05) is 11.6 Å². The van der Waals surface area contributed by atoms with Gasteiger partial charge in [-0.15, -0.1) is 0 Å². The Morgan fingerprint density at radius 2 is 1.74 bits per heavy atom. The van der Waals surface area contributed by atoms with Gasteiger partial charge in [-0.3, -0.25) is 0 Å². The van der Waals surface area contributed by atoms with E-state index in [1.807, 2.05) is 0 Å². The molecular weight excluding hydrogens is 405 g/mol. The first-order valence-electron chi connectivity index (χ1n) is 7.04. The fraction of sp³-hybridized carbons (Fsp3) is 0.333. The van der Waals surface area contributed by atoms with Crippen LogP contribution < -0.4 is 4.90 Å². The first-order valence-corrected chi connectivity index (χ1v) is 7.42. The van der Waals surface area contributed by atoms with Crippen LogP contribution in [0.3, 0.4) is 0 Å². The molecule has 27 heavy (non-hydrogen) atoms. The summed E-state index contributed by atoms with van der Waals surface area (Å²) < 4.78 is 80.9. The highest BCUT2D eigenvalue weighted by Crippen LogP contribution is 2.41. The van der Waals surface area contributed by atoms with Gasteiger partial charge in [-0.05, 0) is 6.07 Å². The number of benzene rings is 1. The summed E-state index contributed by atoms with van der Waals surface area (Å²) in [7, 11) is 1.94.